The average molecular weight is 544 g/mol. The maximum Gasteiger partial charge on any atom is 0.407 e. The quantitative estimate of drug-likeness (QED) is 0.390. The maximum atomic E-state index is 13.8. The van der Waals surface area contributed by atoms with Gasteiger partial charge in [-0.05, 0) is 31.2 Å². The van der Waals surface area contributed by atoms with Crippen molar-refractivity contribution in [2.45, 2.75) is 58.7 Å². The van der Waals surface area contributed by atoms with Crippen molar-refractivity contribution < 1.29 is 29.0 Å². The number of hydrogen-bond acceptors (Lipinski definition) is 8. The number of ether oxygens (including phenoxy) is 1. The fourth-order valence-electron chi connectivity index (χ4n) is 4.49. The van der Waals surface area contributed by atoms with Crippen LogP contribution in [0.15, 0.2) is 18.5 Å². The fourth-order valence-corrected chi connectivity index (χ4v) is 4.49. The maximum absolute atomic E-state index is 13.8. The summed E-state index contributed by atoms with van der Waals surface area (Å²) in [5.41, 5.74) is 0.336. The zero-order valence-electron chi connectivity index (χ0n) is 23.4. The van der Waals surface area contributed by atoms with Gasteiger partial charge in [0.1, 0.15) is 36.0 Å². The number of carboxylic acid groups (broad SMARTS) is 1. The summed E-state index contributed by atoms with van der Waals surface area (Å²) in [6.45, 7) is 7.19. The summed E-state index contributed by atoms with van der Waals surface area (Å²) < 4.78 is 5.48. The van der Waals surface area contributed by atoms with Gasteiger partial charge in [-0.1, -0.05) is 20.8 Å². The van der Waals surface area contributed by atoms with Crippen LogP contribution in [0.5, 0.6) is 5.75 Å². The van der Waals surface area contributed by atoms with Crippen molar-refractivity contribution in [1.82, 2.24) is 25.1 Å². The summed E-state index contributed by atoms with van der Waals surface area (Å²) in [6, 6.07) is 0.663. The van der Waals surface area contributed by atoms with Crippen molar-refractivity contribution in [3.05, 3.63) is 18.5 Å². The molecule has 1 aromatic heterocycles. The van der Waals surface area contributed by atoms with E-state index in [0.29, 0.717) is 47.5 Å². The van der Waals surface area contributed by atoms with Crippen LogP contribution in [0.1, 0.15) is 40.5 Å². The highest BCUT2D eigenvalue weighted by atomic mass is 16.5. The summed E-state index contributed by atoms with van der Waals surface area (Å²) in [7, 11) is 4.51. The monoisotopic (exact) mass is 543 g/mol. The van der Waals surface area contributed by atoms with Gasteiger partial charge < -0.3 is 30.7 Å². The molecule has 1 aliphatic heterocycles. The number of nitrogens with zero attached hydrogens (tertiary/aromatic N) is 4. The Morgan fingerprint density at radius 1 is 1.21 bits per heavy atom. The number of anilines is 2. The van der Waals surface area contributed by atoms with Gasteiger partial charge in [0.05, 0.1) is 18.3 Å². The van der Waals surface area contributed by atoms with E-state index in [4.69, 9.17) is 4.74 Å². The topological polar surface area (TPSA) is 166 Å². The predicted octanol–water partition coefficient (Wildman–Crippen LogP) is 2.14. The molecule has 13 heteroatoms. The lowest BCUT2D eigenvalue weighted by Crippen LogP contribution is -2.59. The van der Waals surface area contributed by atoms with E-state index in [1.807, 2.05) is 0 Å². The molecule has 1 aromatic carbocycles. The van der Waals surface area contributed by atoms with Crippen LogP contribution in [-0.2, 0) is 14.4 Å². The highest BCUT2D eigenvalue weighted by molar-refractivity contribution is 6.03. The first-order chi connectivity index (χ1) is 18.3. The number of aromatic nitrogens is 2. The van der Waals surface area contributed by atoms with Crippen LogP contribution < -0.4 is 20.7 Å². The largest absolute Gasteiger partial charge is 0.494 e. The number of hydrogen-bond donors (Lipinski definition) is 4. The van der Waals surface area contributed by atoms with Crippen LogP contribution in [0.25, 0.3) is 10.9 Å². The molecule has 1 saturated heterocycles. The standard InChI is InChI=1S/C26H37N7O6/c1-14(32(6)25(37)38)22(34)31-20(26(2,3)4)24(36)33-10-8-9-18(33)23(35)30-17-11-15-16(12-19(17)39-7)28-13-29-21(15)27-5/h11-14,18,20H,8-10H2,1-7H3,(H,30,35)(H,31,34)(H,37,38)(H,27,28,29). The normalized spacial score (nSPS) is 16.8. The summed E-state index contributed by atoms with van der Waals surface area (Å²) in [5.74, 6) is -0.405. The van der Waals surface area contributed by atoms with Crippen molar-refractivity contribution in [3.63, 3.8) is 0 Å². The molecule has 0 saturated carbocycles. The Labute approximate surface area is 227 Å². The Morgan fingerprint density at radius 3 is 2.49 bits per heavy atom. The number of nitrogens with one attached hydrogen (secondary N) is 3. The van der Waals surface area contributed by atoms with E-state index in [2.05, 4.69) is 25.9 Å². The minimum Gasteiger partial charge on any atom is -0.494 e. The number of carbonyl (C=O) groups excluding carboxylic acids is 3. The highest BCUT2D eigenvalue weighted by Gasteiger charge is 2.42. The minimum absolute atomic E-state index is 0.344. The van der Waals surface area contributed by atoms with Gasteiger partial charge in [-0.2, -0.15) is 0 Å². The van der Waals surface area contributed by atoms with Gasteiger partial charge in [0.25, 0.3) is 0 Å². The smallest absolute Gasteiger partial charge is 0.407 e. The van der Waals surface area contributed by atoms with Crippen molar-refractivity contribution in [2.75, 3.05) is 38.4 Å². The molecule has 39 heavy (non-hydrogen) atoms. The molecule has 2 heterocycles. The number of carbonyl (C=O) groups is 4. The van der Waals surface area contributed by atoms with Crippen LogP contribution in [0, 0.1) is 5.41 Å². The first kappa shape index (κ1) is 29.4. The van der Waals surface area contributed by atoms with Crippen LogP contribution in [-0.4, -0.2) is 94.6 Å². The van der Waals surface area contributed by atoms with Gasteiger partial charge in [-0.25, -0.2) is 14.8 Å². The van der Waals surface area contributed by atoms with Gasteiger partial charge in [-0.3, -0.25) is 19.3 Å². The summed E-state index contributed by atoms with van der Waals surface area (Å²) >= 11 is 0. The van der Waals surface area contributed by atoms with E-state index in [1.54, 1.807) is 40.0 Å². The molecule has 1 aliphatic rings. The Morgan fingerprint density at radius 2 is 1.90 bits per heavy atom. The lowest BCUT2D eigenvalue weighted by atomic mass is 9.85. The molecule has 2 aromatic rings. The average Bonchev–Trinajstić information content (AvgIpc) is 3.39. The molecule has 13 nitrogen and oxygen atoms in total. The molecule has 212 valence electrons. The van der Waals surface area contributed by atoms with E-state index in [9.17, 15) is 24.3 Å². The van der Waals surface area contributed by atoms with Crippen LogP contribution in [0.3, 0.4) is 0 Å². The van der Waals surface area contributed by atoms with Crippen molar-refractivity contribution in [2.24, 2.45) is 5.41 Å². The number of likely N-dealkylation sites (N-methyl/N-ethyl adjacent to an activating group) is 1. The molecule has 1 fully saturated rings. The minimum atomic E-state index is -1.26. The summed E-state index contributed by atoms with van der Waals surface area (Å²) in [4.78, 5) is 62.2. The molecule has 3 unspecified atom stereocenters. The number of likely N-dealkylation sites (tertiary alicyclic amines) is 1. The van der Waals surface area contributed by atoms with Crippen LogP contribution >= 0.6 is 0 Å². The SMILES string of the molecule is CNc1ncnc2cc(OC)c(NC(=O)C3CCCN3C(=O)C(NC(=O)C(C)N(C)C(=O)O)C(C)(C)C)cc12. The van der Waals surface area contributed by atoms with Crippen LogP contribution in [0.4, 0.5) is 16.3 Å². The molecule has 3 rings (SSSR count). The fraction of sp³-hybridized carbons (Fsp3) is 0.538. The van der Waals surface area contributed by atoms with E-state index >= 15 is 0 Å². The first-order valence-electron chi connectivity index (χ1n) is 12.7. The number of rotatable bonds is 8. The Kier molecular flexibility index (Phi) is 8.82. The van der Waals surface area contributed by atoms with Crippen molar-refractivity contribution in [3.8, 4) is 5.75 Å². The lowest BCUT2D eigenvalue weighted by Gasteiger charge is -2.36. The molecular formula is C26H37N7O6. The molecule has 0 radical (unpaired) electrons. The highest BCUT2D eigenvalue weighted by Crippen LogP contribution is 2.33. The van der Waals surface area contributed by atoms with E-state index in [-0.39, 0.29) is 5.91 Å². The molecular weight excluding hydrogens is 506 g/mol. The van der Waals surface area contributed by atoms with Crippen molar-refractivity contribution in [1.29, 1.82) is 0 Å². The molecule has 0 bridgehead atoms. The molecule has 3 atom stereocenters. The zero-order valence-corrected chi connectivity index (χ0v) is 23.4. The van der Waals surface area contributed by atoms with E-state index < -0.39 is 41.4 Å². The Hall–Kier alpha value is -4.16. The molecule has 0 spiro atoms. The van der Waals surface area contributed by atoms with Gasteiger partial charge >= 0.3 is 6.09 Å². The molecule has 0 aliphatic carbocycles. The molecule has 4 amide bonds. The van der Waals surface area contributed by atoms with Crippen molar-refractivity contribution >= 4 is 46.2 Å². The second kappa shape index (κ2) is 11.7. The first-order valence-corrected chi connectivity index (χ1v) is 12.7. The number of amides is 4. The van der Waals surface area contributed by atoms with Gasteiger partial charge in [0, 0.05) is 32.1 Å². The number of benzene rings is 1. The Balaban J connectivity index is 1.85. The second-order valence-corrected chi connectivity index (χ2v) is 10.6. The van der Waals surface area contributed by atoms with Crippen LogP contribution in [0.2, 0.25) is 0 Å². The third-order valence-electron chi connectivity index (χ3n) is 6.95. The van der Waals surface area contributed by atoms with Gasteiger partial charge in [-0.15, -0.1) is 0 Å². The van der Waals surface area contributed by atoms with Gasteiger partial charge in [0.15, 0.2) is 0 Å². The molecule has 4 N–H and O–H groups in total. The lowest BCUT2D eigenvalue weighted by molar-refractivity contribution is -0.143. The van der Waals surface area contributed by atoms with Gasteiger partial charge in [0.2, 0.25) is 17.7 Å². The predicted molar refractivity (Wildman–Crippen MR) is 146 cm³/mol. The number of methoxy groups -OCH3 is 1. The number of fused-ring (bicyclic) bond motifs is 1. The summed E-state index contributed by atoms with van der Waals surface area (Å²) in [6.07, 6.45) is 1.23. The third kappa shape index (κ3) is 6.29. The third-order valence-corrected chi connectivity index (χ3v) is 6.95. The summed E-state index contributed by atoms with van der Waals surface area (Å²) in [5, 5.41) is 18.5. The zero-order chi connectivity index (χ0) is 29.1. The van der Waals surface area contributed by atoms with E-state index in [1.165, 1.54) is 32.3 Å². The van der Waals surface area contributed by atoms with E-state index in [0.717, 1.165) is 4.90 Å². The Bertz CT molecular complexity index is 1260. The second-order valence-electron chi connectivity index (χ2n) is 10.6.